The van der Waals surface area contributed by atoms with Crippen LogP contribution in [0.15, 0.2) is 65.6 Å². The number of methoxy groups -OCH3 is 1. The molecule has 0 fully saturated rings. The number of hydrogen-bond donors (Lipinski definition) is 1. The van der Waals surface area contributed by atoms with E-state index in [0.29, 0.717) is 11.1 Å². The number of carboxylic acid groups (broad SMARTS) is 1. The Morgan fingerprint density at radius 1 is 1.03 bits per heavy atom. The standard InChI is InChI=1S/C23H19F3O5S/c1-14-4-3-5-15(10-14)19-8-7-18(23(24,25)26)11-17(19)13-32(29,30)21-12-16(22(27)28)6-9-20(21)31-2/h3-12H,13H2,1-2H3,(H,27,28). The van der Waals surface area contributed by atoms with Gasteiger partial charge >= 0.3 is 12.1 Å². The van der Waals surface area contributed by atoms with Gasteiger partial charge in [-0.25, -0.2) is 13.2 Å². The number of sulfone groups is 1. The summed E-state index contributed by atoms with van der Waals surface area (Å²) < 4.78 is 71.5. The van der Waals surface area contributed by atoms with Crippen molar-refractivity contribution in [1.29, 1.82) is 0 Å². The molecule has 0 aromatic heterocycles. The van der Waals surface area contributed by atoms with Crippen LogP contribution in [0.4, 0.5) is 13.2 Å². The first kappa shape index (κ1) is 23.3. The van der Waals surface area contributed by atoms with E-state index in [1.54, 1.807) is 18.2 Å². The molecule has 0 bridgehead atoms. The SMILES string of the molecule is COc1ccc(C(=O)O)cc1S(=O)(=O)Cc1cc(C(F)(F)F)ccc1-c1cccc(C)c1. The van der Waals surface area contributed by atoms with Crippen molar-refractivity contribution in [2.24, 2.45) is 0 Å². The maximum absolute atomic E-state index is 13.3. The number of halogens is 3. The number of benzene rings is 3. The van der Waals surface area contributed by atoms with E-state index in [1.807, 2.05) is 13.0 Å². The number of carboxylic acids is 1. The van der Waals surface area contributed by atoms with E-state index in [0.717, 1.165) is 23.8 Å². The molecule has 9 heteroatoms. The van der Waals surface area contributed by atoms with E-state index in [1.165, 1.54) is 25.3 Å². The van der Waals surface area contributed by atoms with Crippen LogP contribution < -0.4 is 4.74 Å². The number of rotatable bonds is 6. The molecule has 0 atom stereocenters. The van der Waals surface area contributed by atoms with E-state index in [4.69, 9.17) is 4.74 Å². The number of ether oxygens (including phenoxy) is 1. The van der Waals surface area contributed by atoms with Crippen LogP contribution in [0.1, 0.15) is 27.0 Å². The van der Waals surface area contributed by atoms with Crippen LogP contribution in [0.2, 0.25) is 0 Å². The van der Waals surface area contributed by atoms with Gasteiger partial charge in [-0.2, -0.15) is 13.2 Å². The molecule has 1 N–H and O–H groups in total. The summed E-state index contributed by atoms with van der Waals surface area (Å²) in [6.45, 7) is 1.81. The molecule has 0 radical (unpaired) electrons. The maximum atomic E-state index is 13.3. The number of alkyl halides is 3. The molecule has 168 valence electrons. The Morgan fingerprint density at radius 3 is 2.34 bits per heavy atom. The highest BCUT2D eigenvalue weighted by atomic mass is 32.2. The van der Waals surface area contributed by atoms with Crippen LogP contribution in [0, 0.1) is 6.92 Å². The molecule has 0 saturated carbocycles. The van der Waals surface area contributed by atoms with Gasteiger partial charge in [0.1, 0.15) is 10.6 Å². The number of aryl methyl sites for hydroxylation is 1. The van der Waals surface area contributed by atoms with Gasteiger partial charge in [-0.05, 0) is 53.9 Å². The van der Waals surface area contributed by atoms with Gasteiger partial charge in [0.15, 0.2) is 9.84 Å². The molecule has 0 aliphatic rings. The van der Waals surface area contributed by atoms with Crippen LogP contribution in [-0.2, 0) is 21.8 Å². The summed E-state index contributed by atoms with van der Waals surface area (Å²) >= 11 is 0. The smallest absolute Gasteiger partial charge is 0.416 e. The third-order valence-electron chi connectivity index (χ3n) is 4.85. The fraction of sp³-hybridized carbons (Fsp3) is 0.174. The predicted octanol–water partition coefficient (Wildman–Crippen LogP) is 5.36. The summed E-state index contributed by atoms with van der Waals surface area (Å²) in [4.78, 5) is 10.9. The monoisotopic (exact) mass is 464 g/mol. The van der Waals surface area contributed by atoms with Crippen LogP contribution >= 0.6 is 0 Å². The minimum absolute atomic E-state index is 0.0618. The molecule has 3 aromatic carbocycles. The second kappa shape index (κ2) is 8.66. The predicted molar refractivity (Wildman–Crippen MR) is 112 cm³/mol. The number of carbonyl (C=O) groups is 1. The van der Waals surface area contributed by atoms with E-state index in [-0.39, 0.29) is 16.9 Å². The zero-order chi connectivity index (χ0) is 23.7. The molecule has 0 spiro atoms. The van der Waals surface area contributed by atoms with Crippen molar-refractivity contribution in [1.82, 2.24) is 0 Å². The zero-order valence-corrected chi connectivity index (χ0v) is 17.9. The summed E-state index contributed by atoms with van der Waals surface area (Å²) in [5, 5.41) is 9.21. The van der Waals surface area contributed by atoms with Gasteiger partial charge in [-0.1, -0.05) is 35.9 Å². The van der Waals surface area contributed by atoms with Gasteiger partial charge in [0.2, 0.25) is 0 Å². The molecule has 0 heterocycles. The van der Waals surface area contributed by atoms with E-state index in [9.17, 15) is 31.5 Å². The van der Waals surface area contributed by atoms with E-state index >= 15 is 0 Å². The van der Waals surface area contributed by atoms with Crippen molar-refractivity contribution in [3.63, 3.8) is 0 Å². The minimum Gasteiger partial charge on any atom is -0.495 e. The lowest BCUT2D eigenvalue weighted by Gasteiger charge is -2.16. The quantitative estimate of drug-likeness (QED) is 0.531. The minimum atomic E-state index is -4.66. The molecule has 0 amide bonds. The highest BCUT2D eigenvalue weighted by Gasteiger charge is 2.32. The Balaban J connectivity index is 2.18. The molecule has 32 heavy (non-hydrogen) atoms. The van der Waals surface area contributed by atoms with Crippen LogP contribution in [0.3, 0.4) is 0 Å². The Hall–Kier alpha value is -3.33. The lowest BCUT2D eigenvalue weighted by Crippen LogP contribution is -2.11. The highest BCUT2D eigenvalue weighted by Crippen LogP contribution is 2.36. The molecule has 3 rings (SSSR count). The number of aromatic carboxylic acids is 1. The third-order valence-corrected chi connectivity index (χ3v) is 6.53. The Morgan fingerprint density at radius 2 is 1.75 bits per heavy atom. The third kappa shape index (κ3) is 4.94. The van der Waals surface area contributed by atoms with Gasteiger partial charge < -0.3 is 9.84 Å². The summed E-state index contributed by atoms with van der Waals surface area (Å²) in [5.41, 5.74) is 0.423. The Labute approximate surface area is 183 Å². The van der Waals surface area contributed by atoms with E-state index < -0.39 is 38.2 Å². The molecule has 0 aliphatic heterocycles. The van der Waals surface area contributed by atoms with Crippen molar-refractivity contribution >= 4 is 15.8 Å². The van der Waals surface area contributed by atoms with Gasteiger partial charge in [-0.15, -0.1) is 0 Å². The first-order chi connectivity index (χ1) is 14.9. The summed E-state index contributed by atoms with van der Waals surface area (Å²) in [6, 6.07) is 13.2. The van der Waals surface area contributed by atoms with Crippen molar-refractivity contribution in [3.05, 3.63) is 82.9 Å². The van der Waals surface area contributed by atoms with Crippen LogP contribution in [-0.4, -0.2) is 26.6 Å². The second-order valence-electron chi connectivity index (χ2n) is 7.17. The van der Waals surface area contributed by atoms with Crippen LogP contribution in [0.25, 0.3) is 11.1 Å². The Bertz CT molecular complexity index is 1280. The lowest BCUT2D eigenvalue weighted by atomic mass is 9.97. The van der Waals surface area contributed by atoms with Gasteiger partial charge in [0, 0.05) is 0 Å². The molecule has 0 saturated heterocycles. The fourth-order valence-corrected chi connectivity index (χ4v) is 4.89. The second-order valence-corrected chi connectivity index (χ2v) is 9.13. The lowest BCUT2D eigenvalue weighted by molar-refractivity contribution is -0.137. The zero-order valence-electron chi connectivity index (χ0n) is 17.1. The van der Waals surface area contributed by atoms with Gasteiger partial charge in [0.25, 0.3) is 0 Å². The fourth-order valence-electron chi connectivity index (χ4n) is 3.32. The highest BCUT2D eigenvalue weighted by molar-refractivity contribution is 7.90. The average molecular weight is 464 g/mol. The summed E-state index contributed by atoms with van der Waals surface area (Å²) in [5.74, 6) is -2.22. The van der Waals surface area contributed by atoms with Crippen molar-refractivity contribution in [2.75, 3.05) is 7.11 Å². The first-order valence-electron chi connectivity index (χ1n) is 9.33. The molecule has 0 unspecified atom stereocenters. The van der Waals surface area contributed by atoms with Crippen molar-refractivity contribution in [3.8, 4) is 16.9 Å². The Kier molecular flexibility index (Phi) is 6.32. The first-order valence-corrected chi connectivity index (χ1v) is 11.0. The average Bonchev–Trinajstić information content (AvgIpc) is 2.72. The number of hydrogen-bond acceptors (Lipinski definition) is 4. The van der Waals surface area contributed by atoms with Crippen LogP contribution in [0.5, 0.6) is 5.75 Å². The summed E-state index contributed by atoms with van der Waals surface area (Å²) in [6.07, 6.45) is -4.66. The van der Waals surface area contributed by atoms with Gasteiger partial charge in [0.05, 0.1) is 24.0 Å². The molecular formula is C23H19F3O5S. The van der Waals surface area contributed by atoms with Gasteiger partial charge in [-0.3, -0.25) is 0 Å². The topological polar surface area (TPSA) is 80.7 Å². The van der Waals surface area contributed by atoms with Crippen molar-refractivity contribution in [2.45, 2.75) is 23.7 Å². The molecule has 5 nitrogen and oxygen atoms in total. The largest absolute Gasteiger partial charge is 0.495 e. The molecule has 3 aromatic rings. The normalized spacial score (nSPS) is 11.9. The molecular weight excluding hydrogens is 445 g/mol. The van der Waals surface area contributed by atoms with Crippen molar-refractivity contribution < 1.29 is 36.2 Å². The summed E-state index contributed by atoms with van der Waals surface area (Å²) in [7, 11) is -3.05. The maximum Gasteiger partial charge on any atom is 0.416 e. The van der Waals surface area contributed by atoms with E-state index in [2.05, 4.69) is 0 Å². The molecule has 0 aliphatic carbocycles.